The van der Waals surface area contributed by atoms with E-state index in [1.807, 2.05) is 6.92 Å². The van der Waals surface area contributed by atoms with Gasteiger partial charge in [-0.15, -0.1) is 0 Å². The Morgan fingerprint density at radius 1 is 1.03 bits per heavy atom. The van der Waals surface area contributed by atoms with Crippen molar-refractivity contribution in [3.05, 3.63) is 98.3 Å². The third-order valence-electron chi connectivity index (χ3n) is 4.60. The number of benzene rings is 3. The fourth-order valence-electron chi connectivity index (χ4n) is 3.17. The number of carbonyl (C=O) groups excluding carboxylic acids is 1. The summed E-state index contributed by atoms with van der Waals surface area (Å²) in [4.78, 5) is 16.5. The zero-order chi connectivity index (χ0) is 23.4. The molecule has 0 atom stereocenters. The normalized spacial score (nSPS) is 14.2. The Kier molecular flexibility index (Phi) is 7.02. The lowest BCUT2D eigenvalue weighted by Crippen LogP contribution is -2.05. The summed E-state index contributed by atoms with van der Waals surface area (Å²) in [5.74, 6) is -0.378. The van der Waals surface area contributed by atoms with Gasteiger partial charge in [0, 0.05) is 5.56 Å². The smallest absolute Gasteiger partial charge is 0.363 e. The highest BCUT2D eigenvalue weighted by Crippen LogP contribution is 2.36. The molecule has 5 nitrogen and oxygen atoms in total. The molecular weight excluding hydrogens is 543 g/mol. The highest BCUT2D eigenvalue weighted by atomic mass is 127. The van der Waals surface area contributed by atoms with Gasteiger partial charge in [-0.25, -0.2) is 18.6 Å². The highest BCUT2D eigenvalue weighted by molar-refractivity contribution is 14.1. The van der Waals surface area contributed by atoms with Crippen LogP contribution in [-0.4, -0.2) is 18.5 Å². The first kappa shape index (κ1) is 22.9. The molecule has 0 radical (unpaired) electrons. The van der Waals surface area contributed by atoms with Gasteiger partial charge in [0.1, 0.15) is 18.2 Å². The monoisotopic (exact) mass is 561 g/mol. The summed E-state index contributed by atoms with van der Waals surface area (Å²) in [7, 11) is 0. The number of aliphatic imine (C=N–C) groups is 1. The van der Waals surface area contributed by atoms with E-state index in [0.29, 0.717) is 34.8 Å². The van der Waals surface area contributed by atoms with Crippen molar-refractivity contribution in [2.24, 2.45) is 4.99 Å². The molecule has 0 fully saturated rings. The largest absolute Gasteiger partial charge is 0.490 e. The maximum absolute atomic E-state index is 13.5. The molecule has 0 bridgehead atoms. The molecule has 0 saturated carbocycles. The molecule has 168 valence electrons. The Labute approximate surface area is 202 Å². The molecule has 1 aliphatic rings. The zero-order valence-electron chi connectivity index (χ0n) is 17.5. The van der Waals surface area contributed by atoms with Crippen molar-refractivity contribution in [2.75, 3.05) is 6.61 Å². The van der Waals surface area contributed by atoms with Gasteiger partial charge in [0.25, 0.3) is 0 Å². The Hall–Kier alpha value is -3.27. The van der Waals surface area contributed by atoms with Crippen molar-refractivity contribution >= 4 is 40.5 Å². The van der Waals surface area contributed by atoms with E-state index in [0.717, 1.165) is 3.57 Å². The van der Waals surface area contributed by atoms with Gasteiger partial charge in [-0.05, 0) is 89.2 Å². The first-order chi connectivity index (χ1) is 15.9. The van der Waals surface area contributed by atoms with E-state index in [9.17, 15) is 13.6 Å². The third-order valence-corrected chi connectivity index (χ3v) is 5.40. The van der Waals surface area contributed by atoms with Crippen LogP contribution >= 0.6 is 22.6 Å². The van der Waals surface area contributed by atoms with Gasteiger partial charge in [-0.3, -0.25) is 0 Å². The minimum Gasteiger partial charge on any atom is -0.490 e. The predicted octanol–water partition coefficient (Wildman–Crippen LogP) is 5.89. The Morgan fingerprint density at radius 2 is 1.79 bits per heavy atom. The number of ether oxygens (including phenoxy) is 3. The molecule has 3 aromatic carbocycles. The van der Waals surface area contributed by atoms with Gasteiger partial charge in [-0.1, -0.05) is 18.2 Å². The molecule has 0 aromatic heterocycles. The predicted molar refractivity (Wildman–Crippen MR) is 128 cm³/mol. The summed E-state index contributed by atoms with van der Waals surface area (Å²) in [5.41, 5.74) is 1.79. The van der Waals surface area contributed by atoms with Crippen molar-refractivity contribution in [3.63, 3.8) is 0 Å². The molecule has 1 heterocycles. The second kappa shape index (κ2) is 10.1. The number of nitrogens with zero attached hydrogens (tertiary/aromatic N) is 1. The minimum absolute atomic E-state index is 0.0422. The number of hydrogen-bond donors (Lipinski definition) is 0. The number of esters is 1. The second-order valence-corrected chi connectivity index (χ2v) is 8.19. The van der Waals surface area contributed by atoms with Gasteiger partial charge in [0.2, 0.25) is 5.90 Å². The van der Waals surface area contributed by atoms with E-state index in [2.05, 4.69) is 27.6 Å². The lowest BCUT2D eigenvalue weighted by atomic mass is 10.1. The van der Waals surface area contributed by atoms with Crippen molar-refractivity contribution in [3.8, 4) is 11.5 Å². The van der Waals surface area contributed by atoms with Crippen LogP contribution in [0, 0.1) is 15.2 Å². The molecule has 0 spiro atoms. The lowest BCUT2D eigenvalue weighted by Gasteiger charge is -2.15. The molecule has 3 aromatic rings. The molecular formula is C25H18F2INO4. The summed E-state index contributed by atoms with van der Waals surface area (Å²) in [6.45, 7) is 2.41. The molecule has 0 aliphatic carbocycles. The fourth-order valence-corrected chi connectivity index (χ4v) is 3.95. The number of rotatable bonds is 7. The first-order valence-electron chi connectivity index (χ1n) is 10.0. The van der Waals surface area contributed by atoms with E-state index < -0.39 is 11.8 Å². The molecule has 0 saturated heterocycles. The van der Waals surface area contributed by atoms with Crippen LogP contribution in [0.3, 0.4) is 0 Å². The highest BCUT2D eigenvalue weighted by Gasteiger charge is 2.25. The lowest BCUT2D eigenvalue weighted by molar-refractivity contribution is -0.129. The fraction of sp³-hybridized carbons (Fsp3) is 0.120. The van der Waals surface area contributed by atoms with Crippen molar-refractivity contribution < 1.29 is 27.8 Å². The van der Waals surface area contributed by atoms with Gasteiger partial charge >= 0.3 is 5.97 Å². The number of carbonyl (C=O) groups is 1. The molecule has 8 heteroatoms. The molecule has 0 amide bonds. The topological polar surface area (TPSA) is 57.1 Å². The van der Waals surface area contributed by atoms with Crippen LogP contribution in [0.5, 0.6) is 11.5 Å². The van der Waals surface area contributed by atoms with Crippen molar-refractivity contribution in [2.45, 2.75) is 13.5 Å². The van der Waals surface area contributed by atoms with Crippen LogP contribution in [-0.2, 0) is 16.1 Å². The molecule has 4 rings (SSSR count). The molecule has 0 N–H and O–H groups in total. The summed E-state index contributed by atoms with van der Waals surface area (Å²) >= 11 is 2.11. The van der Waals surface area contributed by atoms with Crippen molar-refractivity contribution in [1.29, 1.82) is 0 Å². The Morgan fingerprint density at radius 3 is 2.52 bits per heavy atom. The van der Waals surface area contributed by atoms with Crippen LogP contribution in [0.4, 0.5) is 8.78 Å². The van der Waals surface area contributed by atoms with Gasteiger partial charge < -0.3 is 14.2 Å². The maximum atomic E-state index is 13.5. The van der Waals surface area contributed by atoms with Gasteiger partial charge in [0.15, 0.2) is 17.2 Å². The van der Waals surface area contributed by atoms with E-state index in [4.69, 9.17) is 14.2 Å². The summed E-state index contributed by atoms with van der Waals surface area (Å²) in [6.07, 6.45) is 1.57. The van der Waals surface area contributed by atoms with E-state index in [1.165, 1.54) is 30.3 Å². The summed E-state index contributed by atoms with van der Waals surface area (Å²) < 4.78 is 44.5. The summed E-state index contributed by atoms with van der Waals surface area (Å²) in [6, 6.07) is 15.4. The van der Waals surface area contributed by atoms with E-state index in [1.54, 1.807) is 36.4 Å². The minimum atomic E-state index is -0.631. The zero-order valence-corrected chi connectivity index (χ0v) is 19.6. The van der Waals surface area contributed by atoms with Gasteiger partial charge in [-0.2, -0.15) is 0 Å². The first-order valence-corrected chi connectivity index (χ1v) is 11.1. The molecule has 1 aliphatic heterocycles. The maximum Gasteiger partial charge on any atom is 0.363 e. The Balaban J connectivity index is 1.61. The average molecular weight is 561 g/mol. The van der Waals surface area contributed by atoms with Crippen LogP contribution < -0.4 is 9.47 Å². The second-order valence-electron chi connectivity index (χ2n) is 7.03. The number of cyclic esters (lactones) is 1. The van der Waals surface area contributed by atoms with Crippen LogP contribution in [0.15, 0.2) is 71.4 Å². The third kappa shape index (κ3) is 5.57. The molecule has 0 unspecified atom stereocenters. The van der Waals surface area contributed by atoms with Crippen molar-refractivity contribution in [1.82, 2.24) is 0 Å². The van der Waals surface area contributed by atoms with Crippen LogP contribution in [0.1, 0.15) is 23.6 Å². The van der Waals surface area contributed by atoms with Crippen LogP contribution in [0.2, 0.25) is 0 Å². The Bertz CT molecular complexity index is 1270. The standard InChI is InChI=1S/C25H18F2INO4/c1-2-31-22-12-16(10-20(28)23(22)32-14-15-5-3-7-18(26)9-15)11-21-25(30)33-24(29-21)17-6-4-8-19(27)13-17/h3-13H,2,14H2,1H3/b21-11-. The quantitative estimate of drug-likeness (QED) is 0.205. The van der Waals surface area contributed by atoms with Gasteiger partial charge in [0.05, 0.1) is 10.2 Å². The summed E-state index contributed by atoms with van der Waals surface area (Å²) in [5, 5.41) is 0. The van der Waals surface area contributed by atoms with E-state index >= 15 is 0 Å². The molecule has 33 heavy (non-hydrogen) atoms. The average Bonchev–Trinajstić information content (AvgIpc) is 3.14. The van der Waals surface area contributed by atoms with E-state index in [-0.39, 0.29) is 24.0 Å². The van der Waals surface area contributed by atoms with Crippen LogP contribution in [0.25, 0.3) is 6.08 Å². The number of hydrogen-bond acceptors (Lipinski definition) is 5. The number of halogens is 3. The SMILES string of the molecule is CCOc1cc(/C=C2\N=C(c3cccc(F)c3)OC2=O)cc(I)c1OCc1cccc(F)c1.